The fourth-order valence-corrected chi connectivity index (χ4v) is 3.69. The molecule has 0 atom stereocenters. The highest BCUT2D eigenvalue weighted by Gasteiger charge is 2.23. The molecule has 4 rings (SSSR count). The van der Waals surface area contributed by atoms with Crippen molar-refractivity contribution in [3.05, 3.63) is 82.8 Å². The van der Waals surface area contributed by atoms with E-state index in [1.807, 2.05) is 4.90 Å². The van der Waals surface area contributed by atoms with Crippen LogP contribution >= 0.6 is 11.6 Å². The second kappa shape index (κ2) is 9.23. The number of pyridine rings is 1. The Labute approximate surface area is 189 Å². The number of carboxylic acid groups (broad SMARTS) is 1. The lowest BCUT2D eigenvalue weighted by molar-refractivity contribution is 0.0696. The van der Waals surface area contributed by atoms with E-state index in [1.54, 1.807) is 36.4 Å². The minimum atomic E-state index is -1.13. The number of rotatable bonds is 5. The second-order valence-corrected chi connectivity index (χ2v) is 7.75. The van der Waals surface area contributed by atoms with Gasteiger partial charge in [0.05, 0.1) is 11.9 Å². The average molecular weight is 455 g/mol. The highest BCUT2D eigenvalue weighted by molar-refractivity contribution is 6.30. The topological polar surface area (TPSA) is 85.8 Å². The Morgan fingerprint density at radius 3 is 2.22 bits per heavy atom. The van der Waals surface area contributed by atoms with Crippen molar-refractivity contribution in [3.8, 4) is 0 Å². The summed E-state index contributed by atoms with van der Waals surface area (Å²) < 4.78 is 13.2. The van der Waals surface area contributed by atoms with Gasteiger partial charge in [-0.3, -0.25) is 4.79 Å². The lowest BCUT2D eigenvalue weighted by Crippen LogP contribution is -2.47. The molecule has 1 amide bonds. The number of aromatic nitrogens is 1. The molecule has 9 heteroatoms. The van der Waals surface area contributed by atoms with E-state index in [-0.39, 0.29) is 23.0 Å². The van der Waals surface area contributed by atoms with Crippen molar-refractivity contribution >= 4 is 40.7 Å². The fraction of sp³-hybridized carbons (Fsp3) is 0.174. The Morgan fingerprint density at radius 2 is 1.59 bits per heavy atom. The van der Waals surface area contributed by atoms with Gasteiger partial charge in [-0.2, -0.15) is 0 Å². The van der Waals surface area contributed by atoms with Gasteiger partial charge in [-0.05, 0) is 54.6 Å². The number of hydrogen-bond donors (Lipinski definition) is 2. The summed E-state index contributed by atoms with van der Waals surface area (Å²) in [4.78, 5) is 32.6. The lowest BCUT2D eigenvalue weighted by atomic mass is 10.1. The number of piperazine rings is 1. The molecule has 0 radical (unpaired) electrons. The zero-order valence-corrected chi connectivity index (χ0v) is 17.7. The van der Waals surface area contributed by atoms with Gasteiger partial charge in [0, 0.05) is 42.5 Å². The van der Waals surface area contributed by atoms with E-state index in [1.165, 1.54) is 24.4 Å². The third-order valence-corrected chi connectivity index (χ3v) is 5.48. The van der Waals surface area contributed by atoms with E-state index in [0.717, 1.165) is 5.69 Å². The van der Waals surface area contributed by atoms with Crippen LogP contribution in [0.2, 0.25) is 5.02 Å². The molecule has 2 N–H and O–H groups in total. The molecule has 0 saturated carbocycles. The normalized spacial score (nSPS) is 13.7. The molecule has 0 spiro atoms. The predicted octanol–water partition coefficient (Wildman–Crippen LogP) is 4.15. The number of nitrogens with zero attached hydrogens (tertiary/aromatic N) is 3. The molecule has 1 saturated heterocycles. The zero-order valence-electron chi connectivity index (χ0n) is 17.0. The van der Waals surface area contributed by atoms with Crippen molar-refractivity contribution in [2.75, 3.05) is 41.3 Å². The molecule has 3 aromatic rings. The first-order chi connectivity index (χ1) is 15.4. The van der Waals surface area contributed by atoms with E-state index < -0.39 is 5.97 Å². The van der Waals surface area contributed by atoms with Crippen LogP contribution in [0.4, 0.5) is 21.6 Å². The maximum Gasteiger partial charge on any atom is 0.339 e. The van der Waals surface area contributed by atoms with Gasteiger partial charge < -0.3 is 20.2 Å². The molecule has 164 valence electrons. The molecule has 1 fully saturated rings. The molecule has 1 aliphatic heterocycles. The number of carboxylic acids is 1. The maximum atomic E-state index is 13.2. The smallest absolute Gasteiger partial charge is 0.339 e. The van der Waals surface area contributed by atoms with Crippen molar-refractivity contribution in [2.24, 2.45) is 0 Å². The monoisotopic (exact) mass is 454 g/mol. The Bertz CT molecular complexity index is 1130. The summed E-state index contributed by atoms with van der Waals surface area (Å²) in [5, 5.41) is 12.9. The number of anilines is 3. The molecule has 1 aromatic heterocycles. The number of carbonyl (C=O) groups is 2. The van der Waals surface area contributed by atoms with Crippen LogP contribution < -0.4 is 15.1 Å². The van der Waals surface area contributed by atoms with E-state index in [0.29, 0.717) is 42.6 Å². The van der Waals surface area contributed by atoms with Gasteiger partial charge in [-0.1, -0.05) is 11.6 Å². The first-order valence-corrected chi connectivity index (χ1v) is 10.3. The van der Waals surface area contributed by atoms with Crippen LogP contribution in [-0.4, -0.2) is 48.1 Å². The highest BCUT2D eigenvalue weighted by Crippen LogP contribution is 2.25. The summed E-state index contributed by atoms with van der Waals surface area (Å²) in [6.07, 6.45) is 1.45. The number of halogens is 2. The zero-order chi connectivity index (χ0) is 22.7. The lowest BCUT2D eigenvalue weighted by Gasteiger charge is -2.37. The summed E-state index contributed by atoms with van der Waals surface area (Å²) in [5.41, 5.74) is 1.61. The van der Waals surface area contributed by atoms with E-state index in [9.17, 15) is 19.1 Å². The van der Waals surface area contributed by atoms with Crippen LogP contribution in [0.3, 0.4) is 0 Å². The van der Waals surface area contributed by atoms with Crippen molar-refractivity contribution in [1.29, 1.82) is 0 Å². The number of nitrogens with one attached hydrogen (secondary N) is 1. The van der Waals surface area contributed by atoms with Crippen LogP contribution in [0.5, 0.6) is 0 Å². The van der Waals surface area contributed by atoms with E-state index >= 15 is 0 Å². The van der Waals surface area contributed by atoms with Crippen LogP contribution in [-0.2, 0) is 0 Å². The van der Waals surface area contributed by atoms with Crippen molar-refractivity contribution in [1.82, 2.24) is 4.98 Å². The molecule has 32 heavy (non-hydrogen) atoms. The molecule has 7 nitrogen and oxygen atoms in total. The van der Waals surface area contributed by atoms with Gasteiger partial charge in [0.2, 0.25) is 0 Å². The van der Waals surface area contributed by atoms with Crippen LogP contribution in [0.15, 0.2) is 60.8 Å². The average Bonchev–Trinajstić information content (AvgIpc) is 2.80. The largest absolute Gasteiger partial charge is 0.478 e. The summed E-state index contributed by atoms with van der Waals surface area (Å²) in [6.45, 7) is 2.39. The number of aromatic carboxylic acids is 1. The predicted molar refractivity (Wildman–Crippen MR) is 121 cm³/mol. The summed E-state index contributed by atoms with van der Waals surface area (Å²) in [5.74, 6) is -1.46. The molecule has 2 aromatic carbocycles. The quantitative estimate of drug-likeness (QED) is 0.602. The Balaban J connectivity index is 1.47. The van der Waals surface area contributed by atoms with Crippen molar-refractivity contribution < 1.29 is 19.1 Å². The number of amides is 1. The first kappa shape index (κ1) is 21.6. The van der Waals surface area contributed by atoms with Crippen molar-refractivity contribution in [3.63, 3.8) is 0 Å². The van der Waals surface area contributed by atoms with Gasteiger partial charge >= 0.3 is 5.97 Å². The highest BCUT2D eigenvalue weighted by atomic mass is 35.5. The molecular formula is C23H20ClFN4O3. The Hall–Kier alpha value is -3.65. The van der Waals surface area contributed by atoms with Crippen LogP contribution in [0, 0.1) is 5.82 Å². The van der Waals surface area contributed by atoms with Crippen LogP contribution in [0.1, 0.15) is 20.7 Å². The van der Waals surface area contributed by atoms with E-state index in [2.05, 4.69) is 15.2 Å². The molecule has 2 heterocycles. The van der Waals surface area contributed by atoms with Gasteiger partial charge in [0.1, 0.15) is 17.2 Å². The minimum Gasteiger partial charge on any atom is -0.478 e. The van der Waals surface area contributed by atoms with Crippen LogP contribution in [0.25, 0.3) is 0 Å². The van der Waals surface area contributed by atoms with Gasteiger partial charge in [0.25, 0.3) is 5.91 Å². The third-order valence-electron chi connectivity index (χ3n) is 5.23. The molecule has 1 aliphatic rings. The van der Waals surface area contributed by atoms with Crippen molar-refractivity contribution in [2.45, 2.75) is 0 Å². The summed E-state index contributed by atoms with van der Waals surface area (Å²) >= 11 is 5.84. The number of benzene rings is 2. The second-order valence-electron chi connectivity index (χ2n) is 7.31. The van der Waals surface area contributed by atoms with Gasteiger partial charge in [0.15, 0.2) is 0 Å². The number of carbonyl (C=O) groups excluding carboxylic acids is 1. The Kier molecular flexibility index (Phi) is 6.23. The standard InChI is InChI=1S/C23H20ClFN4O3/c24-16-3-1-15(2-4-16)22(30)27-18-13-20(23(31)32)21(26-14-18)29-11-9-28(10-12-29)19-7-5-17(25)6-8-19/h1-8,13-14H,9-12H2,(H,27,30)(H,31,32). The molecule has 0 unspecified atom stereocenters. The number of hydrogen-bond acceptors (Lipinski definition) is 5. The summed E-state index contributed by atoms with van der Waals surface area (Å²) in [6, 6.07) is 14.1. The third kappa shape index (κ3) is 4.81. The summed E-state index contributed by atoms with van der Waals surface area (Å²) in [7, 11) is 0. The maximum absolute atomic E-state index is 13.2. The SMILES string of the molecule is O=C(Nc1cnc(N2CCN(c3ccc(F)cc3)CC2)c(C(=O)O)c1)c1ccc(Cl)cc1. The van der Waals surface area contributed by atoms with Gasteiger partial charge in [-0.15, -0.1) is 0 Å². The fourth-order valence-electron chi connectivity index (χ4n) is 3.57. The molecule has 0 bridgehead atoms. The Morgan fingerprint density at radius 1 is 0.969 bits per heavy atom. The van der Waals surface area contributed by atoms with E-state index in [4.69, 9.17) is 11.6 Å². The molecule has 0 aliphatic carbocycles. The molecular weight excluding hydrogens is 435 g/mol. The van der Waals surface area contributed by atoms with Gasteiger partial charge in [-0.25, -0.2) is 14.2 Å². The minimum absolute atomic E-state index is 0.00846. The first-order valence-electron chi connectivity index (χ1n) is 9.96.